The third-order valence-corrected chi connectivity index (χ3v) is 5.82. The van der Waals surface area contributed by atoms with Gasteiger partial charge in [0.2, 0.25) is 5.91 Å². The molecule has 1 heterocycles. The highest BCUT2D eigenvalue weighted by Crippen LogP contribution is 2.31. The minimum Gasteiger partial charge on any atom is -0.393 e. The highest BCUT2D eigenvalue weighted by atomic mass is 16.3. The Morgan fingerprint density at radius 1 is 1.16 bits per heavy atom. The van der Waals surface area contributed by atoms with Gasteiger partial charge in [-0.15, -0.1) is 0 Å². The Hall–Kier alpha value is -1.43. The molecule has 1 amide bonds. The third-order valence-electron chi connectivity index (χ3n) is 5.82. The van der Waals surface area contributed by atoms with Gasteiger partial charge in [-0.3, -0.25) is 9.69 Å². The van der Waals surface area contributed by atoms with Crippen LogP contribution in [0.25, 0.3) is 0 Å². The molecule has 25 heavy (non-hydrogen) atoms. The Morgan fingerprint density at radius 3 is 2.60 bits per heavy atom. The second-order valence-corrected chi connectivity index (χ2v) is 7.53. The number of carbonyl (C=O) groups is 1. The van der Waals surface area contributed by atoms with Gasteiger partial charge in [0.05, 0.1) is 6.10 Å². The van der Waals surface area contributed by atoms with Crippen LogP contribution in [0.1, 0.15) is 43.2 Å². The van der Waals surface area contributed by atoms with Crippen LogP contribution in [0.3, 0.4) is 0 Å². The fourth-order valence-electron chi connectivity index (χ4n) is 4.18. The first-order valence-corrected chi connectivity index (χ1v) is 9.62. The number of aliphatic hydroxyl groups is 1. The number of nitrogens with zero attached hydrogens (tertiary/aromatic N) is 1. The van der Waals surface area contributed by atoms with Crippen molar-refractivity contribution in [2.75, 3.05) is 19.6 Å². The van der Waals surface area contributed by atoms with Gasteiger partial charge in [-0.25, -0.2) is 0 Å². The summed E-state index contributed by atoms with van der Waals surface area (Å²) in [6.45, 7) is 3.94. The van der Waals surface area contributed by atoms with E-state index in [-0.39, 0.29) is 17.9 Å². The first-order valence-electron chi connectivity index (χ1n) is 9.62. The normalized spacial score (nSPS) is 25.2. The van der Waals surface area contributed by atoms with Gasteiger partial charge in [-0.1, -0.05) is 30.7 Å². The first kappa shape index (κ1) is 18.4. The van der Waals surface area contributed by atoms with E-state index >= 15 is 0 Å². The quantitative estimate of drug-likeness (QED) is 0.732. The number of aliphatic hydroxyl groups excluding tert-OH is 1. The maximum atomic E-state index is 12.5. The average molecular weight is 345 g/mol. The van der Waals surface area contributed by atoms with Crippen LogP contribution >= 0.6 is 0 Å². The summed E-state index contributed by atoms with van der Waals surface area (Å²) in [5, 5.41) is 12.8. The molecule has 1 aromatic rings. The van der Waals surface area contributed by atoms with E-state index < -0.39 is 0 Å². The zero-order valence-electron chi connectivity index (χ0n) is 15.0. The molecule has 3 rings (SSSR count). The summed E-state index contributed by atoms with van der Waals surface area (Å²) in [6.07, 6.45) is 4.70. The molecular weight excluding hydrogens is 314 g/mol. The molecule has 5 nitrogen and oxygen atoms in total. The van der Waals surface area contributed by atoms with E-state index in [9.17, 15) is 9.90 Å². The van der Waals surface area contributed by atoms with Crippen LogP contribution in [-0.4, -0.2) is 41.7 Å². The number of benzene rings is 1. The molecule has 1 saturated carbocycles. The monoisotopic (exact) mass is 345 g/mol. The molecule has 1 saturated heterocycles. The molecule has 0 aromatic heterocycles. The number of carbonyl (C=O) groups excluding carboxylic acids is 1. The summed E-state index contributed by atoms with van der Waals surface area (Å²) in [5.74, 6) is 0.583. The van der Waals surface area contributed by atoms with E-state index in [0.29, 0.717) is 19.0 Å². The predicted molar refractivity (Wildman–Crippen MR) is 98.7 cm³/mol. The highest BCUT2D eigenvalue weighted by molar-refractivity contribution is 5.79. The lowest BCUT2D eigenvalue weighted by Gasteiger charge is -2.30. The van der Waals surface area contributed by atoms with Gasteiger partial charge in [-0.2, -0.15) is 0 Å². The number of nitrogens with two attached hydrogens (primary N) is 1. The second kappa shape index (κ2) is 8.79. The molecule has 2 atom stereocenters. The molecule has 1 aromatic carbocycles. The van der Waals surface area contributed by atoms with Crippen LogP contribution < -0.4 is 11.1 Å². The van der Waals surface area contributed by atoms with Gasteiger partial charge in [-0.05, 0) is 49.3 Å². The lowest BCUT2D eigenvalue weighted by Crippen LogP contribution is -2.36. The van der Waals surface area contributed by atoms with Crippen molar-refractivity contribution in [2.24, 2.45) is 17.6 Å². The van der Waals surface area contributed by atoms with E-state index in [1.54, 1.807) is 0 Å². The van der Waals surface area contributed by atoms with E-state index in [2.05, 4.69) is 28.4 Å². The van der Waals surface area contributed by atoms with Crippen molar-refractivity contribution in [2.45, 2.75) is 51.3 Å². The molecule has 4 N–H and O–H groups in total. The van der Waals surface area contributed by atoms with E-state index in [1.807, 2.05) is 6.07 Å². The van der Waals surface area contributed by atoms with Crippen LogP contribution in [0.2, 0.25) is 0 Å². The van der Waals surface area contributed by atoms with Crippen molar-refractivity contribution in [1.82, 2.24) is 10.2 Å². The SMILES string of the molecule is NC[C@H]1CCC[C@H]1C(=O)NCc1ccccc1CN1CCC(O)CC1. The minimum atomic E-state index is -0.146. The number of amides is 1. The molecule has 2 fully saturated rings. The van der Waals surface area contributed by atoms with Gasteiger partial charge in [0.15, 0.2) is 0 Å². The molecule has 2 aliphatic rings. The van der Waals surface area contributed by atoms with Crippen molar-refractivity contribution >= 4 is 5.91 Å². The topological polar surface area (TPSA) is 78.6 Å². The Kier molecular flexibility index (Phi) is 6.45. The molecule has 138 valence electrons. The van der Waals surface area contributed by atoms with Crippen LogP contribution in [0.15, 0.2) is 24.3 Å². The zero-order chi connectivity index (χ0) is 17.6. The summed E-state index contributed by atoms with van der Waals surface area (Å²) in [5.41, 5.74) is 8.25. The number of rotatable bonds is 6. The van der Waals surface area contributed by atoms with E-state index in [0.717, 1.165) is 51.7 Å². The van der Waals surface area contributed by atoms with Crippen molar-refractivity contribution in [1.29, 1.82) is 0 Å². The standard InChI is InChI=1S/C20H31N3O2/c21-12-15-6-3-7-19(15)20(25)22-13-16-4-1-2-5-17(16)14-23-10-8-18(24)9-11-23/h1-2,4-5,15,18-19,24H,3,6-14,21H2,(H,22,25)/t15-,19-/m1/s1. The van der Waals surface area contributed by atoms with Crippen LogP contribution in [-0.2, 0) is 17.9 Å². The van der Waals surface area contributed by atoms with E-state index in [1.165, 1.54) is 11.1 Å². The molecule has 0 spiro atoms. The summed E-state index contributed by atoms with van der Waals surface area (Å²) >= 11 is 0. The molecule has 5 heteroatoms. The lowest BCUT2D eigenvalue weighted by molar-refractivity contribution is -0.126. The Balaban J connectivity index is 1.56. The van der Waals surface area contributed by atoms with E-state index in [4.69, 9.17) is 5.73 Å². The predicted octanol–water partition coefficient (Wildman–Crippen LogP) is 1.63. The van der Waals surface area contributed by atoms with Crippen LogP contribution in [0, 0.1) is 11.8 Å². The Labute approximate surface area is 150 Å². The fourth-order valence-corrected chi connectivity index (χ4v) is 4.18. The Morgan fingerprint density at radius 2 is 1.88 bits per heavy atom. The molecular formula is C20H31N3O2. The largest absolute Gasteiger partial charge is 0.393 e. The Bertz CT molecular complexity index is 570. The zero-order valence-corrected chi connectivity index (χ0v) is 15.0. The van der Waals surface area contributed by atoms with Gasteiger partial charge < -0.3 is 16.2 Å². The third kappa shape index (κ3) is 4.81. The smallest absolute Gasteiger partial charge is 0.223 e. The lowest BCUT2D eigenvalue weighted by atomic mass is 9.95. The highest BCUT2D eigenvalue weighted by Gasteiger charge is 2.31. The van der Waals surface area contributed by atoms with Crippen LogP contribution in [0.4, 0.5) is 0 Å². The minimum absolute atomic E-state index is 0.0840. The number of likely N-dealkylation sites (tertiary alicyclic amines) is 1. The number of hydrogen-bond donors (Lipinski definition) is 3. The first-order chi connectivity index (χ1) is 12.2. The maximum absolute atomic E-state index is 12.5. The van der Waals surface area contributed by atoms with Crippen molar-refractivity contribution in [3.63, 3.8) is 0 Å². The summed E-state index contributed by atoms with van der Waals surface area (Å²) in [4.78, 5) is 14.9. The second-order valence-electron chi connectivity index (χ2n) is 7.53. The van der Waals surface area contributed by atoms with Gasteiger partial charge >= 0.3 is 0 Å². The molecule has 1 aliphatic carbocycles. The maximum Gasteiger partial charge on any atom is 0.223 e. The molecule has 0 radical (unpaired) electrons. The van der Waals surface area contributed by atoms with Crippen molar-refractivity contribution in [3.05, 3.63) is 35.4 Å². The molecule has 0 bridgehead atoms. The van der Waals surface area contributed by atoms with Gasteiger partial charge in [0.1, 0.15) is 0 Å². The van der Waals surface area contributed by atoms with Gasteiger partial charge in [0.25, 0.3) is 0 Å². The van der Waals surface area contributed by atoms with Crippen molar-refractivity contribution in [3.8, 4) is 0 Å². The van der Waals surface area contributed by atoms with Crippen LogP contribution in [0.5, 0.6) is 0 Å². The number of hydrogen-bond acceptors (Lipinski definition) is 4. The van der Waals surface area contributed by atoms with Crippen molar-refractivity contribution < 1.29 is 9.90 Å². The summed E-state index contributed by atoms with van der Waals surface area (Å²) < 4.78 is 0. The summed E-state index contributed by atoms with van der Waals surface area (Å²) in [6, 6.07) is 8.33. The molecule has 0 unspecified atom stereocenters. The average Bonchev–Trinajstić information content (AvgIpc) is 3.11. The van der Waals surface area contributed by atoms with Gasteiger partial charge in [0, 0.05) is 32.1 Å². The molecule has 1 aliphatic heterocycles. The number of piperidine rings is 1. The summed E-state index contributed by atoms with van der Waals surface area (Å²) in [7, 11) is 0. The fraction of sp³-hybridized carbons (Fsp3) is 0.650. The number of nitrogens with one attached hydrogen (secondary N) is 1.